The second kappa shape index (κ2) is 6.92. The van der Waals surface area contributed by atoms with Gasteiger partial charge in [-0.1, -0.05) is 37.3 Å². The zero-order chi connectivity index (χ0) is 17.9. The number of aryl methyl sites for hydroxylation is 1. The van der Waals surface area contributed by atoms with Crippen molar-refractivity contribution in [3.63, 3.8) is 0 Å². The monoisotopic (exact) mass is 347 g/mol. The van der Waals surface area contributed by atoms with E-state index in [0.717, 1.165) is 17.8 Å². The van der Waals surface area contributed by atoms with Crippen molar-refractivity contribution in [1.29, 1.82) is 0 Å². The van der Waals surface area contributed by atoms with Gasteiger partial charge in [0.25, 0.3) is 0 Å². The third-order valence-electron chi connectivity index (χ3n) is 4.34. The van der Waals surface area contributed by atoms with Crippen LogP contribution in [0.2, 0.25) is 0 Å². The van der Waals surface area contributed by atoms with Gasteiger partial charge in [0.15, 0.2) is 5.82 Å². The molecule has 3 heterocycles. The second-order valence-corrected chi connectivity index (χ2v) is 5.98. The molecule has 0 spiro atoms. The van der Waals surface area contributed by atoms with Crippen molar-refractivity contribution in [1.82, 2.24) is 24.5 Å². The molecule has 6 heteroatoms. The molecule has 1 unspecified atom stereocenters. The molecule has 4 rings (SSSR count). The fraction of sp³-hybridized carbons (Fsp3) is 0.150. The average molecular weight is 347 g/mol. The van der Waals surface area contributed by atoms with Gasteiger partial charge in [-0.25, -0.2) is 15.0 Å². The van der Waals surface area contributed by atoms with E-state index in [0.29, 0.717) is 11.5 Å². The molecule has 4 aromatic rings. The molecule has 5 nitrogen and oxygen atoms in total. The summed E-state index contributed by atoms with van der Waals surface area (Å²) in [6.07, 6.45) is 8.03. The van der Waals surface area contributed by atoms with Crippen LogP contribution in [0, 0.1) is 5.95 Å². The summed E-state index contributed by atoms with van der Waals surface area (Å²) in [5.41, 5.74) is 2.80. The highest BCUT2D eigenvalue weighted by molar-refractivity contribution is 5.51. The summed E-state index contributed by atoms with van der Waals surface area (Å²) in [5.74, 6) is 0.848. The van der Waals surface area contributed by atoms with Crippen molar-refractivity contribution in [3.8, 4) is 11.5 Å². The summed E-state index contributed by atoms with van der Waals surface area (Å²) in [5, 5.41) is 0. The minimum Gasteiger partial charge on any atom is -0.347 e. The van der Waals surface area contributed by atoms with Gasteiger partial charge in [-0.05, 0) is 29.7 Å². The Bertz CT molecular complexity index is 1010. The fourth-order valence-electron chi connectivity index (χ4n) is 3.11. The minimum atomic E-state index is -0.528. The Morgan fingerprint density at radius 2 is 2.00 bits per heavy atom. The molecule has 0 amide bonds. The zero-order valence-electron chi connectivity index (χ0n) is 14.3. The number of rotatable bonds is 5. The molecule has 26 heavy (non-hydrogen) atoms. The third-order valence-corrected chi connectivity index (χ3v) is 4.34. The molecular formula is C20H18FN5. The normalized spacial score (nSPS) is 12.2. The van der Waals surface area contributed by atoms with Crippen molar-refractivity contribution < 1.29 is 4.39 Å². The predicted octanol–water partition coefficient (Wildman–Crippen LogP) is 4.01. The summed E-state index contributed by atoms with van der Waals surface area (Å²) in [6.45, 7) is 2.13. The molecule has 3 aromatic heterocycles. The lowest BCUT2D eigenvalue weighted by Gasteiger charge is -2.20. The highest BCUT2D eigenvalue weighted by Crippen LogP contribution is 2.29. The van der Waals surface area contributed by atoms with Crippen LogP contribution < -0.4 is 0 Å². The fourth-order valence-corrected chi connectivity index (χ4v) is 3.11. The Labute approximate surface area is 150 Å². The van der Waals surface area contributed by atoms with Crippen molar-refractivity contribution in [2.45, 2.75) is 19.4 Å². The largest absolute Gasteiger partial charge is 0.347 e. The maximum atomic E-state index is 13.6. The molecule has 0 aliphatic heterocycles. The number of aromatic amines is 1. The number of hydrogen-bond donors (Lipinski definition) is 1. The molecule has 1 atom stereocenters. The number of nitrogens with zero attached hydrogens (tertiary/aromatic N) is 4. The number of halogens is 1. The van der Waals surface area contributed by atoms with E-state index in [9.17, 15) is 4.39 Å². The van der Waals surface area contributed by atoms with Gasteiger partial charge in [-0.15, -0.1) is 0 Å². The van der Waals surface area contributed by atoms with E-state index in [2.05, 4.69) is 45.1 Å². The van der Waals surface area contributed by atoms with Crippen LogP contribution in [0.25, 0.3) is 11.5 Å². The van der Waals surface area contributed by atoms with E-state index in [-0.39, 0.29) is 6.04 Å². The van der Waals surface area contributed by atoms with Crippen LogP contribution in [0.5, 0.6) is 0 Å². The van der Waals surface area contributed by atoms with Crippen LogP contribution in [0.15, 0.2) is 67.3 Å². The highest BCUT2D eigenvalue weighted by Gasteiger charge is 2.22. The lowest BCUT2D eigenvalue weighted by molar-refractivity contribution is 0.582. The van der Waals surface area contributed by atoms with Crippen molar-refractivity contribution >= 4 is 0 Å². The van der Waals surface area contributed by atoms with Gasteiger partial charge < -0.3 is 9.55 Å². The van der Waals surface area contributed by atoms with Crippen molar-refractivity contribution in [3.05, 3.63) is 90.2 Å². The maximum Gasteiger partial charge on any atom is 0.213 e. The second-order valence-electron chi connectivity index (χ2n) is 5.98. The molecule has 1 N–H and O–H groups in total. The topological polar surface area (TPSA) is 59.4 Å². The first-order valence-corrected chi connectivity index (χ1v) is 8.50. The number of imidazole rings is 2. The molecule has 0 radical (unpaired) electrons. The molecular weight excluding hydrogens is 329 g/mol. The average Bonchev–Trinajstić information content (AvgIpc) is 3.35. The summed E-state index contributed by atoms with van der Waals surface area (Å²) in [6, 6.07) is 12.9. The van der Waals surface area contributed by atoms with Gasteiger partial charge in [0.2, 0.25) is 5.95 Å². The van der Waals surface area contributed by atoms with E-state index in [4.69, 9.17) is 0 Å². The molecule has 0 aliphatic rings. The number of nitrogens with one attached hydrogen (secondary N) is 1. The number of pyridine rings is 1. The molecule has 0 aliphatic carbocycles. The number of aromatic nitrogens is 5. The first kappa shape index (κ1) is 16.2. The van der Waals surface area contributed by atoms with Crippen LogP contribution in [-0.2, 0) is 6.42 Å². The molecule has 0 fully saturated rings. The first-order chi connectivity index (χ1) is 12.8. The van der Waals surface area contributed by atoms with Gasteiger partial charge in [0.05, 0.1) is 0 Å². The van der Waals surface area contributed by atoms with E-state index in [1.165, 1.54) is 11.6 Å². The molecule has 1 aromatic carbocycles. The van der Waals surface area contributed by atoms with E-state index < -0.39 is 5.95 Å². The first-order valence-electron chi connectivity index (χ1n) is 8.50. The van der Waals surface area contributed by atoms with Crippen LogP contribution in [0.1, 0.15) is 29.9 Å². The van der Waals surface area contributed by atoms with Crippen molar-refractivity contribution in [2.75, 3.05) is 0 Å². The Morgan fingerprint density at radius 3 is 2.77 bits per heavy atom. The van der Waals surface area contributed by atoms with Gasteiger partial charge in [0, 0.05) is 24.8 Å². The third kappa shape index (κ3) is 3.01. The SMILES string of the molecule is CCc1cccc(C(c2ncc[nH]2)n2ccnc2-c2cccc(F)n2)c1. The summed E-state index contributed by atoms with van der Waals surface area (Å²) >= 11 is 0. The molecule has 0 saturated carbocycles. The van der Waals surface area contributed by atoms with E-state index >= 15 is 0 Å². The quantitative estimate of drug-likeness (QED) is 0.555. The van der Waals surface area contributed by atoms with Crippen LogP contribution in [0.3, 0.4) is 0 Å². The number of benzene rings is 1. The van der Waals surface area contributed by atoms with Gasteiger partial charge in [-0.3, -0.25) is 0 Å². The van der Waals surface area contributed by atoms with E-state index in [1.807, 2.05) is 16.8 Å². The summed E-state index contributed by atoms with van der Waals surface area (Å²) < 4.78 is 15.6. The Kier molecular flexibility index (Phi) is 4.31. The zero-order valence-corrected chi connectivity index (χ0v) is 14.3. The lowest BCUT2D eigenvalue weighted by Crippen LogP contribution is -2.15. The predicted molar refractivity (Wildman–Crippen MR) is 97.1 cm³/mol. The molecule has 130 valence electrons. The van der Waals surface area contributed by atoms with Crippen LogP contribution in [0.4, 0.5) is 4.39 Å². The van der Waals surface area contributed by atoms with Gasteiger partial charge >= 0.3 is 0 Å². The molecule has 0 bridgehead atoms. The highest BCUT2D eigenvalue weighted by atomic mass is 19.1. The van der Waals surface area contributed by atoms with Gasteiger partial charge in [0.1, 0.15) is 17.6 Å². The van der Waals surface area contributed by atoms with Crippen LogP contribution in [-0.4, -0.2) is 24.5 Å². The Morgan fingerprint density at radius 1 is 1.12 bits per heavy atom. The standard InChI is InChI=1S/C20H18FN5/c1-2-14-5-3-6-15(13-14)18(19-22-9-10-23-19)26-12-11-24-20(26)16-7-4-8-17(21)25-16/h3-13,18H,2H2,1H3,(H,22,23). The smallest absolute Gasteiger partial charge is 0.213 e. The molecule has 0 saturated heterocycles. The minimum absolute atomic E-state index is 0.209. The van der Waals surface area contributed by atoms with Gasteiger partial charge in [-0.2, -0.15) is 4.39 Å². The Balaban J connectivity index is 1.88. The van der Waals surface area contributed by atoms with Crippen LogP contribution >= 0.6 is 0 Å². The maximum absolute atomic E-state index is 13.6. The lowest BCUT2D eigenvalue weighted by atomic mass is 10.0. The van der Waals surface area contributed by atoms with E-state index in [1.54, 1.807) is 30.7 Å². The van der Waals surface area contributed by atoms with Crippen molar-refractivity contribution in [2.24, 2.45) is 0 Å². The number of H-pyrrole nitrogens is 1. The Hall–Kier alpha value is -3.28. The number of hydrogen-bond acceptors (Lipinski definition) is 3. The summed E-state index contributed by atoms with van der Waals surface area (Å²) in [7, 11) is 0. The summed E-state index contributed by atoms with van der Waals surface area (Å²) in [4.78, 5) is 16.1.